The van der Waals surface area contributed by atoms with Crippen molar-refractivity contribution in [3.05, 3.63) is 59.2 Å². The Bertz CT molecular complexity index is 762. The second kappa shape index (κ2) is 10.1. The monoisotopic (exact) mass is 392 g/mol. The minimum Gasteiger partial charge on any atom is -0.383 e. The third-order valence-electron chi connectivity index (χ3n) is 6.39. The van der Waals surface area contributed by atoms with Crippen LogP contribution in [-0.4, -0.2) is 57.3 Å². The molecule has 0 unspecified atom stereocenters. The van der Waals surface area contributed by atoms with Crippen LogP contribution in [0.1, 0.15) is 29.5 Å². The average Bonchev–Trinajstić information content (AvgIpc) is 3.29. The van der Waals surface area contributed by atoms with Crippen molar-refractivity contribution >= 4 is 11.4 Å². The molecule has 2 aromatic carbocycles. The first-order valence-corrected chi connectivity index (χ1v) is 11.4. The van der Waals surface area contributed by atoms with Crippen molar-refractivity contribution in [1.29, 1.82) is 0 Å². The van der Waals surface area contributed by atoms with Gasteiger partial charge in [0.25, 0.3) is 0 Å². The molecule has 4 nitrogen and oxygen atoms in total. The van der Waals surface area contributed by atoms with Gasteiger partial charge in [-0.3, -0.25) is 0 Å². The Kier molecular flexibility index (Phi) is 7.07. The minimum absolute atomic E-state index is 1.03. The number of hydrogen-bond donors (Lipinski definition) is 2. The molecule has 4 rings (SSSR count). The Morgan fingerprint density at radius 3 is 2.38 bits per heavy atom. The molecule has 2 N–H and O–H groups in total. The molecule has 2 fully saturated rings. The lowest BCUT2D eigenvalue weighted by atomic mass is 10.00. The van der Waals surface area contributed by atoms with Crippen LogP contribution in [0.2, 0.25) is 0 Å². The van der Waals surface area contributed by atoms with Crippen LogP contribution in [0, 0.1) is 6.92 Å². The summed E-state index contributed by atoms with van der Waals surface area (Å²) in [5.74, 6) is 0. The van der Waals surface area contributed by atoms with Crippen LogP contribution >= 0.6 is 0 Å². The summed E-state index contributed by atoms with van der Waals surface area (Å²) in [4.78, 5) is 5.14. The highest BCUT2D eigenvalue weighted by molar-refractivity contribution is 5.68. The van der Waals surface area contributed by atoms with Crippen molar-refractivity contribution in [3.63, 3.8) is 0 Å². The van der Waals surface area contributed by atoms with Gasteiger partial charge in [0.15, 0.2) is 0 Å². The number of aryl methyl sites for hydroxylation is 2. The maximum Gasteiger partial charge on any atom is 0.0420 e. The topological polar surface area (TPSA) is 30.5 Å². The fourth-order valence-electron chi connectivity index (χ4n) is 4.61. The highest BCUT2D eigenvalue weighted by atomic mass is 15.2. The van der Waals surface area contributed by atoms with Crippen molar-refractivity contribution in [2.45, 2.75) is 32.6 Å². The van der Waals surface area contributed by atoms with Gasteiger partial charge in [0.05, 0.1) is 0 Å². The fourth-order valence-corrected chi connectivity index (χ4v) is 4.61. The molecule has 2 saturated heterocycles. The lowest BCUT2D eigenvalue weighted by Crippen LogP contribution is -2.43. The largest absolute Gasteiger partial charge is 0.383 e. The predicted octanol–water partition coefficient (Wildman–Crippen LogP) is 3.70. The summed E-state index contributed by atoms with van der Waals surface area (Å²) in [6.45, 7) is 11.3. The number of likely N-dealkylation sites (tertiary alicyclic amines) is 1. The van der Waals surface area contributed by atoms with Gasteiger partial charge in [-0.05, 0) is 74.5 Å². The SMILES string of the molecule is Cc1c(NCCN2CCCC2)cc(CCc2ccccc2)cc1N1CCNCC1. The van der Waals surface area contributed by atoms with E-state index in [0.717, 1.165) is 52.1 Å². The lowest BCUT2D eigenvalue weighted by Gasteiger charge is -2.32. The summed E-state index contributed by atoms with van der Waals surface area (Å²) in [7, 11) is 0. The van der Waals surface area contributed by atoms with Gasteiger partial charge in [-0.1, -0.05) is 30.3 Å². The molecule has 0 atom stereocenters. The summed E-state index contributed by atoms with van der Waals surface area (Å²) < 4.78 is 0. The molecule has 0 saturated carbocycles. The van der Waals surface area contributed by atoms with Crippen molar-refractivity contribution < 1.29 is 0 Å². The third kappa shape index (κ3) is 5.52. The summed E-state index contributed by atoms with van der Waals surface area (Å²) in [6.07, 6.45) is 4.91. The molecule has 2 aliphatic heterocycles. The highest BCUT2D eigenvalue weighted by Crippen LogP contribution is 2.30. The van der Waals surface area contributed by atoms with Crippen LogP contribution in [0.25, 0.3) is 0 Å². The van der Waals surface area contributed by atoms with E-state index in [1.54, 1.807) is 0 Å². The number of hydrogen-bond acceptors (Lipinski definition) is 4. The van der Waals surface area contributed by atoms with Gasteiger partial charge in [-0.2, -0.15) is 0 Å². The molecule has 0 spiro atoms. The van der Waals surface area contributed by atoms with Gasteiger partial charge in [0, 0.05) is 50.6 Å². The zero-order valence-corrected chi connectivity index (χ0v) is 17.9. The van der Waals surface area contributed by atoms with Crippen molar-refractivity contribution in [1.82, 2.24) is 10.2 Å². The van der Waals surface area contributed by atoms with Crippen LogP contribution < -0.4 is 15.5 Å². The molecular formula is C25H36N4. The maximum atomic E-state index is 3.77. The quantitative estimate of drug-likeness (QED) is 0.717. The number of rotatable bonds is 8. The summed E-state index contributed by atoms with van der Waals surface area (Å²) in [5, 5.41) is 7.26. The van der Waals surface area contributed by atoms with E-state index in [9.17, 15) is 0 Å². The maximum absolute atomic E-state index is 3.77. The summed E-state index contributed by atoms with van der Waals surface area (Å²) in [5.41, 5.74) is 7.00. The van der Waals surface area contributed by atoms with E-state index < -0.39 is 0 Å². The van der Waals surface area contributed by atoms with Crippen LogP contribution in [0.15, 0.2) is 42.5 Å². The highest BCUT2D eigenvalue weighted by Gasteiger charge is 2.17. The predicted molar refractivity (Wildman–Crippen MR) is 124 cm³/mol. The van der Waals surface area contributed by atoms with E-state index in [2.05, 4.69) is 69.8 Å². The lowest BCUT2D eigenvalue weighted by molar-refractivity contribution is 0.352. The van der Waals surface area contributed by atoms with E-state index >= 15 is 0 Å². The van der Waals surface area contributed by atoms with Crippen LogP contribution in [0.5, 0.6) is 0 Å². The zero-order chi connectivity index (χ0) is 19.9. The Hall–Kier alpha value is -2.04. The number of nitrogens with zero attached hydrogens (tertiary/aromatic N) is 2. The summed E-state index contributed by atoms with van der Waals surface area (Å²) in [6, 6.07) is 15.7. The molecule has 0 bridgehead atoms. The number of nitrogens with one attached hydrogen (secondary N) is 2. The van der Waals surface area contributed by atoms with Gasteiger partial charge in [-0.15, -0.1) is 0 Å². The first kappa shape index (κ1) is 20.2. The van der Waals surface area contributed by atoms with E-state index in [4.69, 9.17) is 0 Å². The molecule has 4 heteroatoms. The molecule has 0 aliphatic carbocycles. The zero-order valence-electron chi connectivity index (χ0n) is 17.9. The number of piperazine rings is 1. The first-order chi connectivity index (χ1) is 14.3. The van der Waals surface area contributed by atoms with E-state index in [-0.39, 0.29) is 0 Å². The fraction of sp³-hybridized carbons (Fsp3) is 0.520. The van der Waals surface area contributed by atoms with E-state index in [1.165, 1.54) is 54.0 Å². The second-order valence-electron chi connectivity index (χ2n) is 8.49. The van der Waals surface area contributed by atoms with E-state index in [1.807, 2.05) is 0 Å². The Morgan fingerprint density at radius 2 is 1.62 bits per heavy atom. The van der Waals surface area contributed by atoms with Crippen molar-refractivity contribution in [2.75, 3.05) is 62.6 Å². The molecular weight excluding hydrogens is 356 g/mol. The summed E-state index contributed by atoms with van der Waals surface area (Å²) >= 11 is 0. The van der Waals surface area contributed by atoms with Gasteiger partial charge < -0.3 is 20.4 Å². The number of anilines is 2. The Balaban J connectivity index is 1.49. The normalized spacial score (nSPS) is 17.6. The molecule has 2 aliphatic rings. The van der Waals surface area contributed by atoms with Crippen LogP contribution in [-0.2, 0) is 12.8 Å². The molecule has 156 valence electrons. The minimum atomic E-state index is 1.03. The molecule has 0 amide bonds. The molecule has 0 radical (unpaired) electrons. The average molecular weight is 393 g/mol. The first-order valence-electron chi connectivity index (χ1n) is 11.4. The second-order valence-corrected chi connectivity index (χ2v) is 8.49. The Morgan fingerprint density at radius 1 is 0.897 bits per heavy atom. The third-order valence-corrected chi connectivity index (χ3v) is 6.39. The molecule has 2 heterocycles. The van der Waals surface area contributed by atoms with Crippen LogP contribution in [0.3, 0.4) is 0 Å². The van der Waals surface area contributed by atoms with E-state index in [0.29, 0.717) is 0 Å². The van der Waals surface area contributed by atoms with Crippen molar-refractivity contribution in [3.8, 4) is 0 Å². The van der Waals surface area contributed by atoms with Crippen molar-refractivity contribution in [2.24, 2.45) is 0 Å². The number of benzene rings is 2. The molecule has 29 heavy (non-hydrogen) atoms. The smallest absolute Gasteiger partial charge is 0.0420 e. The Labute approximate surface area is 176 Å². The van der Waals surface area contributed by atoms with Gasteiger partial charge in [-0.25, -0.2) is 0 Å². The van der Waals surface area contributed by atoms with Gasteiger partial charge in [0.1, 0.15) is 0 Å². The molecule has 0 aromatic heterocycles. The molecule has 2 aromatic rings. The van der Waals surface area contributed by atoms with Crippen LogP contribution in [0.4, 0.5) is 11.4 Å². The van der Waals surface area contributed by atoms with Gasteiger partial charge >= 0.3 is 0 Å². The standard InChI is InChI=1S/C25H36N4/c1-21-24(27-13-16-28-14-5-6-15-28)19-23(10-9-22-7-3-2-4-8-22)20-25(21)29-17-11-26-12-18-29/h2-4,7-8,19-20,26-27H,5-6,9-18H2,1H3. The van der Waals surface area contributed by atoms with Gasteiger partial charge in [0.2, 0.25) is 0 Å².